The Morgan fingerprint density at radius 1 is 0.357 bits per heavy atom. The van der Waals surface area contributed by atoms with Gasteiger partial charge >= 0.3 is 0 Å². The smallest absolute Gasteiger partial charge is 0.160 e. The SMILES string of the molecule is c1ccc(-c2nc(-c3ccc4sc5ccc(-c6ccc7sc8ccccc8c7c6)cc5c4c3)nc3ccccc23)cc1. The van der Waals surface area contributed by atoms with Crippen LogP contribution in [0.25, 0.3) is 85.0 Å². The molecule has 0 amide bonds. The van der Waals surface area contributed by atoms with Crippen LogP contribution in [0.2, 0.25) is 0 Å². The summed E-state index contributed by atoms with van der Waals surface area (Å²) in [5, 5.41) is 6.24. The quantitative estimate of drug-likeness (QED) is 0.211. The highest BCUT2D eigenvalue weighted by molar-refractivity contribution is 7.26. The van der Waals surface area contributed by atoms with E-state index in [0.717, 1.165) is 33.5 Å². The van der Waals surface area contributed by atoms with Crippen molar-refractivity contribution >= 4 is 73.9 Å². The summed E-state index contributed by atoms with van der Waals surface area (Å²) >= 11 is 3.70. The van der Waals surface area contributed by atoms with Gasteiger partial charge in [0.05, 0.1) is 11.2 Å². The van der Waals surface area contributed by atoms with Crippen molar-refractivity contribution in [2.24, 2.45) is 0 Å². The van der Waals surface area contributed by atoms with Crippen LogP contribution in [0, 0.1) is 0 Å². The van der Waals surface area contributed by atoms with Gasteiger partial charge in [-0.25, -0.2) is 9.97 Å². The van der Waals surface area contributed by atoms with Crippen molar-refractivity contribution in [3.63, 3.8) is 0 Å². The largest absolute Gasteiger partial charge is 0.228 e. The first-order valence-electron chi connectivity index (χ1n) is 14.0. The van der Waals surface area contributed by atoms with Gasteiger partial charge in [-0.3, -0.25) is 0 Å². The summed E-state index contributed by atoms with van der Waals surface area (Å²) in [6, 6.07) is 47.8. The monoisotopic (exact) mass is 570 g/mol. The summed E-state index contributed by atoms with van der Waals surface area (Å²) in [6.07, 6.45) is 0. The fraction of sp³-hybridized carbons (Fsp3) is 0. The highest BCUT2D eigenvalue weighted by Crippen LogP contribution is 2.40. The third-order valence-corrected chi connectivity index (χ3v) is 10.4. The first-order valence-corrected chi connectivity index (χ1v) is 15.6. The zero-order valence-electron chi connectivity index (χ0n) is 22.4. The van der Waals surface area contributed by atoms with E-state index >= 15 is 0 Å². The molecule has 0 aliphatic carbocycles. The molecular weight excluding hydrogens is 549 g/mol. The van der Waals surface area contributed by atoms with Gasteiger partial charge in [0, 0.05) is 56.9 Å². The number of rotatable bonds is 3. The van der Waals surface area contributed by atoms with Gasteiger partial charge in [-0.05, 0) is 65.7 Å². The number of aromatic nitrogens is 2. The third-order valence-electron chi connectivity index (χ3n) is 8.09. The molecule has 6 aromatic carbocycles. The van der Waals surface area contributed by atoms with Crippen LogP contribution < -0.4 is 0 Å². The molecule has 0 aliphatic heterocycles. The lowest BCUT2D eigenvalue weighted by Gasteiger charge is -2.09. The lowest BCUT2D eigenvalue weighted by atomic mass is 10.00. The molecule has 3 aromatic heterocycles. The topological polar surface area (TPSA) is 25.8 Å². The molecule has 42 heavy (non-hydrogen) atoms. The highest BCUT2D eigenvalue weighted by Gasteiger charge is 2.14. The Balaban J connectivity index is 1.21. The Bertz CT molecular complexity index is 2470. The molecule has 196 valence electrons. The van der Waals surface area contributed by atoms with E-state index in [0.29, 0.717) is 0 Å². The maximum Gasteiger partial charge on any atom is 0.160 e. The van der Waals surface area contributed by atoms with Crippen molar-refractivity contribution in [3.8, 4) is 33.8 Å². The van der Waals surface area contributed by atoms with Crippen LogP contribution in [0.5, 0.6) is 0 Å². The molecule has 0 saturated carbocycles. The van der Waals surface area contributed by atoms with Gasteiger partial charge in [0.25, 0.3) is 0 Å². The maximum absolute atomic E-state index is 5.12. The second kappa shape index (κ2) is 9.31. The summed E-state index contributed by atoms with van der Waals surface area (Å²) in [5.41, 5.74) is 6.52. The Kier molecular flexibility index (Phi) is 5.27. The van der Waals surface area contributed by atoms with Crippen LogP contribution in [0.1, 0.15) is 0 Å². The van der Waals surface area contributed by atoms with E-state index in [4.69, 9.17) is 9.97 Å². The predicted molar refractivity (Wildman–Crippen MR) is 182 cm³/mol. The van der Waals surface area contributed by atoms with Gasteiger partial charge in [-0.1, -0.05) is 78.9 Å². The van der Waals surface area contributed by atoms with E-state index in [2.05, 4.69) is 121 Å². The lowest BCUT2D eigenvalue weighted by molar-refractivity contribution is 1.23. The number of benzene rings is 6. The zero-order valence-corrected chi connectivity index (χ0v) is 24.0. The molecule has 4 heteroatoms. The van der Waals surface area contributed by atoms with Crippen LogP contribution in [0.3, 0.4) is 0 Å². The molecule has 0 saturated heterocycles. The second-order valence-corrected chi connectivity index (χ2v) is 12.8. The van der Waals surface area contributed by atoms with E-state index in [1.54, 1.807) is 0 Å². The minimum absolute atomic E-state index is 0.750. The molecule has 0 bridgehead atoms. The third kappa shape index (κ3) is 3.77. The molecule has 2 nitrogen and oxygen atoms in total. The van der Waals surface area contributed by atoms with Crippen molar-refractivity contribution < 1.29 is 0 Å². The zero-order chi connectivity index (χ0) is 27.6. The van der Waals surface area contributed by atoms with Crippen molar-refractivity contribution in [2.75, 3.05) is 0 Å². The van der Waals surface area contributed by atoms with Crippen molar-refractivity contribution in [1.82, 2.24) is 9.97 Å². The van der Waals surface area contributed by atoms with E-state index in [1.165, 1.54) is 51.5 Å². The predicted octanol–water partition coefficient (Wildman–Crippen LogP) is 11.4. The average Bonchev–Trinajstić information content (AvgIpc) is 3.61. The first-order chi connectivity index (χ1) is 20.8. The van der Waals surface area contributed by atoms with Crippen molar-refractivity contribution in [2.45, 2.75) is 0 Å². The van der Waals surface area contributed by atoms with E-state index in [1.807, 2.05) is 34.8 Å². The van der Waals surface area contributed by atoms with Gasteiger partial charge < -0.3 is 0 Å². The first kappa shape index (κ1) is 23.8. The molecule has 0 spiro atoms. The molecule has 0 radical (unpaired) electrons. The number of para-hydroxylation sites is 1. The number of hydrogen-bond acceptors (Lipinski definition) is 4. The number of hydrogen-bond donors (Lipinski definition) is 0. The maximum atomic E-state index is 5.12. The summed E-state index contributed by atoms with van der Waals surface area (Å²) in [5.74, 6) is 0.750. The Morgan fingerprint density at radius 3 is 1.60 bits per heavy atom. The molecular formula is C38H22N2S2. The van der Waals surface area contributed by atoms with Gasteiger partial charge in [0.1, 0.15) is 0 Å². The fourth-order valence-corrected chi connectivity index (χ4v) is 8.18. The van der Waals surface area contributed by atoms with Crippen LogP contribution >= 0.6 is 22.7 Å². The van der Waals surface area contributed by atoms with Crippen LogP contribution in [-0.2, 0) is 0 Å². The van der Waals surface area contributed by atoms with Gasteiger partial charge in [-0.2, -0.15) is 0 Å². The molecule has 0 N–H and O–H groups in total. The Labute approximate surface area is 250 Å². The van der Waals surface area contributed by atoms with E-state index in [9.17, 15) is 0 Å². The van der Waals surface area contributed by atoms with Crippen LogP contribution in [0.15, 0.2) is 133 Å². The number of nitrogens with zero attached hydrogens (tertiary/aromatic N) is 2. The minimum atomic E-state index is 0.750. The highest BCUT2D eigenvalue weighted by atomic mass is 32.1. The van der Waals surface area contributed by atoms with Crippen molar-refractivity contribution in [1.29, 1.82) is 0 Å². The van der Waals surface area contributed by atoms with Gasteiger partial charge in [-0.15, -0.1) is 22.7 Å². The Hall–Kier alpha value is -4.90. The van der Waals surface area contributed by atoms with E-state index in [-0.39, 0.29) is 0 Å². The van der Waals surface area contributed by atoms with E-state index < -0.39 is 0 Å². The van der Waals surface area contributed by atoms with Crippen LogP contribution in [-0.4, -0.2) is 9.97 Å². The lowest BCUT2D eigenvalue weighted by Crippen LogP contribution is -1.95. The fourth-order valence-electron chi connectivity index (χ4n) is 6.02. The second-order valence-electron chi connectivity index (χ2n) is 10.6. The average molecular weight is 571 g/mol. The summed E-state index contributed by atoms with van der Waals surface area (Å²) < 4.78 is 5.23. The Morgan fingerprint density at radius 2 is 0.881 bits per heavy atom. The summed E-state index contributed by atoms with van der Waals surface area (Å²) in [6.45, 7) is 0. The normalized spacial score (nSPS) is 11.8. The molecule has 0 fully saturated rings. The van der Waals surface area contributed by atoms with Gasteiger partial charge in [0.2, 0.25) is 0 Å². The standard InChI is InChI=1S/C38H22N2S2/c1-2-8-23(9-3-1)37-28-11-4-6-12-32(28)39-38(40-37)26-16-19-36-31(22-26)30-21-25(15-18-35(30)42-36)24-14-17-34-29(20-24)27-10-5-7-13-33(27)41-34/h1-22H. The molecule has 0 unspecified atom stereocenters. The minimum Gasteiger partial charge on any atom is -0.228 e. The number of thiophene rings is 2. The molecule has 9 rings (SSSR count). The van der Waals surface area contributed by atoms with Gasteiger partial charge in [0.15, 0.2) is 5.82 Å². The molecule has 3 heterocycles. The molecule has 9 aromatic rings. The molecule has 0 atom stereocenters. The summed E-state index contributed by atoms with van der Waals surface area (Å²) in [4.78, 5) is 10.1. The molecule has 0 aliphatic rings. The van der Waals surface area contributed by atoms with Crippen molar-refractivity contribution in [3.05, 3.63) is 133 Å². The summed E-state index contributed by atoms with van der Waals surface area (Å²) in [7, 11) is 0. The number of fused-ring (bicyclic) bond motifs is 7. The van der Waals surface area contributed by atoms with Crippen LogP contribution in [0.4, 0.5) is 0 Å².